The molecule has 0 aliphatic carbocycles. The Morgan fingerprint density at radius 2 is 1.77 bits per heavy atom. The van der Waals surface area contributed by atoms with E-state index in [1.807, 2.05) is 0 Å². The molecule has 0 saturated heterocycles. The zero-order valence-corrected chi connectivity index (χ0v) is 15.7. The highest BCUT2D eigenvalue weighted by Gasteiger charge is 2.22. The topological polar surface area (TPSA) is 72.5 Å². The number of amides is 1. The predicted molar refractivity (Wildman–Crippen MR) is 97.2 cm³/mol. The number of para-hydroxylation sites is 1. The van der Waals surface area contributed by atoms with Crippen LogP contribution in [0, 0.1) is 5.82 Å². The maximum atomic E-state index is 13.7. The first-order valence-electron chi connectivity index (χ1n) is 8.24. The molecule has 0 spiro atoms. The van der Waals surface area contributed by atoms with Crippen LogP contribution in [0.3, 0.4) is 0 Å². The maximum Gasteiger partial charge on any atom is 0.261 e. The van der Waals surface area contributed by atoms with E-state index >= 15 is 0 Å². The Labute approximate surface area is 153 Å². The van der Waals surface area contributed by atoms with E-state index in [1.165, 1.54) is 24.3 Å². The predicted octanol–water partition coefficient (Wildman–Crippen LogP) is 3.26. The standard InChI is InChI=1S/C19H22FNO4S/c1-4-17(25-18-8-6-5-7-16(18)20)19(22)21-13(2)14-9-11-15(12-10-14)26(3,23)24/h5-13,17H,4H2,1-3H3,(H,21,22)/t13-,17+/m0/s1. The molecular weight excluding hydrogens is 357 g/mol. The van der Waals surface area contributed by atoms with Crippen molar-refractivity contribution in [1.82, 2.24) is 5.32 Å². The van der Waals surface area contributed by atoms with Crippen LogP contribution in [0.2, 0.25) is 0 Å². The summed E-state index contributed by atoms with van der Waals surface area (Å²) in [7, 11) is -3.27. The van der Waals surface area contributed by atoms with Crippen molar-refractivity contribution in [1.29, 1.82) is 0 Å². The van der Waals surface area contributed by atoms with Crippen LogP contribution in [0.25, 0.3) is 0 Å². The lowest BCUT2D eigenvalue weighted by Gasteiger charge is -2.21. The van der Waals surface area contributed by atoms with Gasteiger partial charge in [-0.25, -0.2) is 12.8 Å². The summed E-state index contributed by atoms with van der Waals surface area (Å²) < 4.78 is 42.2. The van der Waals surface area contributed by atoms with Crippen LogP contribution in [-0.2, 0) is 14.6 Å². The molecule has 2 aromatic carbocycles. The summed E-state index contributed by atoms with van der Waals surface area (Å²) in [5.74, 6) is -0.863. The Balaban J connectivity index is 2.06. The molecule has 0 fully saturated rings. The van der Waals surface area contributed by atoms with Gasteiger partial charge in [0.15, 0.2) is 27.5 Å². The molecule has 0 unspecified atom stereocenters. The highest BCUT2D eigenvalue weighted by Crippen LogP contribution is 2.20. The molecule has 7 heteroatoms. The molecule has 5 nitrogen and oxygen atoms in total. The van der Waals surface area contributed by atoms with Gasteiger partial charge in [0.05, 0.1) is 10.9 Å². The van der Waals surface area contributed by atoms with Crippen LogP contribution in [-0.4, -0.2) is 26.7 Å². The summed E-state index contributed by atoms with van der Waals surface area (Å²) in [6.07, 6.45) is 0.684. The fourth-order valence-electron chi connectivity index (χ4n) is 2.41. The summed E-state index contributed by atoms with van der Waals surface area (Å²) in [4.78, 5) is 12.7. The molecule has 1 N–H and O–H groups in total. The zero-order chi connectivity index (χ0) is 19.3. The van der Waals surface area contributed by atoms with Crippen LogP contribution in [0.5, 0.6) is 5.75 Å². The minimum Gasteiger partial charge on any atom is -0.478 e. The number of hydrogen-bond donors (Lipinski definition) is 1. The average Bonchev–Trinajstić information content (AvgIpc) is 2.60. The summed E-state index contributed by atoms with van der Waals surface area (Å²) in [6, 6.07) is 11.9. The Morgan fingerprint density at radius 3 is 2.31 bits per heavy atom. The molecule has 26 heavy (non-hydrogen) atoms. The van der Waals surface area contributed by atoms with Gasteiger partial charge in [0.25, 0.3) is 5.91 Å². The third kappa shape index (κ3) is 5.05. The Bertz CT molecular complexity index is 865. The SMILES string of the molecule is CC[C@@H](Oc1ccccc1F)C(=O)N[C@@H](C)c1ccc(S(C)(=O)=O)cc1. The van der Waals surface area contributed by atoms with Crippen LogP contribution in [0.15, 0.2) is 53.4 Å². The normalized spacial score (nSPS) is 13.7. The van der Waals surface area contributed by atoms with Gasteiger partial charge in [-0.05, 0) is 43.2 Å². The monoisotopic (exact) mass is 379 g/mol. The van der Waals surface area contributed by atoms with E-state index in [0.717, 1.165) is 11.8 Å². The Hall–Kier alpha value is -2.41. The summed E-state index contributed by atoms with van der Waals surface area (Å²) in [6.45, 7) is 3.56. The van der Waals surface area contributed by atoms with Gasteiger partial charge in [0.2, 0.25) is 0 Å². The second-order valence-electron chi connectivity index (χ2n) is 6.02. The third-order valence-electron chi connectivity index (χ3n) is 3.94. The Morgan fingerprint density at radius 1 is 1.15 bits per heavy atom. The lowest BCUT2D eigenvalue weighted by Crippen LogP contribution is -2.39. The molecule has 0 aromatic heterocycles. The van der Waals surface area contributed by atoms with Gasteiger partial charge in [-0.15, -0.1) is 0 Å². The van der Waals surface area contributed by atoms with E-state index < -0.39 is 21.8 Å². The second-order valence-corrected chi connectivity index (χ2v) is 8.03. The molecule has 0 aliphatic heterocycles. The van der Waals surface area contributed by atoms with Gasteiger partial charge in [0, 0.05) is 6.26 Å². The van der Waals surface area contributed by atoms with Gasteiger partial charge < -0.3 is 10.1 Å². The molecule has 2 aromatic rings. The van der Waals surface area contributed by atoms with E-state index in [2.05, 4.69) is 5.32 Å². The molecule has 0 bridgehead atoms. The number of ether oxygens (including phenoxy) is 1. The van der Waals surface area contributed by atoms with Crippen molar-refractivity contribution in [2.24, 2.45) is 0 Å². The number of carbonyl (C=O) groups is 1. The van der Waals surface area contributed by atoms with Crippen LogP contribution in [0.4, 0.5) is 4.39 Å². The zero-order valence-electron chi connectivity index (χ0n) is 14.9. The van der Waals surface area contributed by atoms with E-state index in [4.69, 9.17) is 4.74 Å². The summed E-state index contributed by atoms with van der Waals surface area (Å²) >= 11 is 0. The number of hydrogen-bond acceptors (Lipinski definition) is 4. The quantitative estimate of drug-likeness (QED) is 0.801. The van der Waals surface area contributed by atoms with E-state index in [-0.39, 0.29) is 22.6 Å². The van der Waals surface area contributed by atoms with Crippen molar-refractivity contribution in [3.63, 3.8) is 0 Å². The number of benzene rings is 2. The number of sulfone groups is 1. The van der Waals surface area contributed by atoms with Gasteiger partial charge in [-0.2, -0.15) is 0 Å². The van der Waals surface area contributed by atoms with E-state index in [0.29, 0.717) is 6.42 Å². The number of nitrogens with one attached hydrogen (secondary N) is 1. The van der Waals surface area contributed by atoms with Crippen molar-refractivity contribution < 1.29 is 22.3 Å². The first kappa shape index (κ1) is 19.9. The average molecular weight is 379 g/mol. The van der Waals surface area contributed by atoms with Crippen molar-refractivity contribution in [3.8, 4) is 5.75 Å². The minimum atomic E-state index is -3.27. The number of rotatable bonds is 7. The van der Waals surface area contributed by atoms with Crippen molar-refractivity contribution in [2.45, 2.75) is 37.3 Å². The lowest BCUT2D eigenvalue weighted by molar-refractivity contribution is -0.128. The first-order valence-corrected chi connectivity index (χ1v) is 10.1. The van der Waals surface area contributed by atoms with Crippen molar-refractivity contribution in [2.75, 3.05) is 6.26 Å². The van der Waals surface area contributed by atoms with E-state index in [1.54, 1.807) is 38.1 Å². The number of halogens is 1. The fourth-order valence-corrected chi connectivity index (χ4v) is 3.04. The molecule has 2 rings (SSSR count). The van der Waals surface area contributed by atoms with Gasteiger partial charge in [-0.1, -0.05) is 31.2 Å². The summed E-state index contributed by atoms with van der Waals surface area (Å²) in [5.41, 5.74) is 0.756. The molecule has 1 amide bonds. The second kappa shape index (κ2) is 8.31. The van der Waals surface area contributed by atoms with E-state index in [9.17, 15) is 17.6 Å². The van der Waals surface area contributed by atoms with Gasteiger partial charge in [0.1, 0.15) is 0 Å². The van der Waals surface area contributed by atoms with Crippen molar-refractivity contribution >= 4 is 15.7 Å². The largest absolute Gasteiger partial charge is 0.478 e. The molecule has 0 radical (unpaired) electrons. The smallest absolute Gasteiger partial charge is 0.261 e. The highest BCUT2D eigenvalue weighted by molar-refractivity contribution is 7.90. The minimum absolute atomic E-state index is 0.0275. The molecule has 2 atom stereocenters. The molecule has 0 saturated carbocycles. The van der Waals surface area contributed by atoms with Crippen LogP contribution >= 0.6 is 0 Å². The molecular formula is C19H22FNO4S. The first-order chi connectivity index (χ1) is 12.2. The van der Waals surface area contributed by atoms with Crippen molar-refractivity contribution in [3.05, 3.63) is 59.9 Å². The molecule has 0 aliphatic rings. The molecule has 0 heterocycles. The summed E-state index contributed by atoms with van der Waals surface area (Å²) in [5, 5.41) is 2.81. The third-order valence-corrected chi connectivity index (χ3v) is 5.06. The lowest BCUT2D eigenvalue weighted by atomic mass is 10.1. The van der Waals surface area contributed by atoms with Gasteiger partial charge >= 0.3 is 0 Å². The van der Waals surface area contributed by atoms with Crippen LogP contribution in [0.1, 0.15) is 31.9 Å². The maximum absolute atomic E-state index is 13.7. The Kier molecular flexibility index (Phi) is 6.37. The van der Waals surface area contributed by atoms with Crippen LogP contribution < -0.4 is 10.1 Å². The number of carbonyl (C=O) groups excluding carboxylic acids is 1. The fraction of sp³-hybridized carbons (Fsp3) is 0.316. The van der Waals surface area contributed by atoms with Gasteiger partial charge in [-0.3, -0.25) is 4.79 Å². The molecule has 140 valence electrons. The highest BCUT2D eigenvalue weighted by atomic mass is 32.2.